The van der Waals surface area contributed by atoms with Crippen LogP contribution in [0.4, 0.5) is 0 Å². The van der Waals surface area contributed by atoms with Crippen LogP contribution in [0.1, 0.15) is 16.1 Å². The molecular formula is C14H12N4O. The Labute approximate surface area is 109 Å². The highest BCUT2D eigenvalue weighted by Gasteiger charge is 2.10. The van der Waals surface area contributed by atoms with Crippen molar-refractivity contribution in [3.63, 3.8) is 0 Å². The van der Waals surface area contributed by atoms with Crippen LogP contribution in [0.25, 0.3) is 11.0 Å². The highest BCUT2D eigenvalue weighted by molar-refractivity contribution is 5.99. The van der Waals surface area contributed by atoms with Crippen molar-refractivity contribution in [2.24, 2.45) is 7.05 Å². The fraction of sp³-hybridized carbons (Fsp3) is 0.143. The van der Waals surface area contributed by atoms with Gasteiger partial charge in [-0.1, -0.05) is 0 Å². The van der Waals surface area contributed by atoms with Gasteiger partial charge in [0.2, 0.25) is 0 Å². The molecule has 0 aliphatic heterocycles. The van der Waals surface area contributed by atoms with E-state index in [0.29, 0.717) is 12.0 Å². The number of aryl methyl sites for hydroxylation is 1. The minimum absolute atomic E-state index is 0.0336. The second kappa shape index (κ2) is 4.61. The number of fused-ring (bicyclic) bond motifs is 1. The first-order valence-electron chi connectivity index (χ1n) is 5.95. The van der Waals surface area contributed by atoms with Gasteiger partial charge in [-0.3, -0.25) is 19.4 Å². The molecule has 0 N–H and O–H groups in total. The average molecular weight is 252 g/mol. The van der Waals surface area contributed by atoms with E-state index >= 15 is 0 Å². The molecule has 1 aromatic carbocycles. The van der Waals surface area contributed by atoms with Crippen LogP contribution in [0.15, 0.2) is 42.9 Å². The lowest BCUT2D eigenvalue weighted by Crippen LogP contribution is -2.05. The predicted molar refractivity (Wildman–Crippen MR) is 70.8 cm³/mol. The summed E-state index contributed by atoms with van der Waals surface area (Å²) in [5.41, 5.74) is 2.93. The maximum absolute atomic E-state index is 12.2. The Morgan fingerprint density at radius 1 is 1.16 bits per heavy atom. The summed E-state index contributed by atoms with van der Waals surface area (Å²) < 4.78 is 1.69. The number of hydrogen-bond acceptors (Lipinski definition) is 4. The third-order valence-corrected chi connectivity index (χ3v) is 2.90. The van der Waals surface area contributed by atoms with Gasteiger partial charge in [-0.15, -0.1) is 0 Å². The van der Waals surface area contributed by atoms with E-state index in [4.69, 9.17) is 0 Å². The summed E-state index contributed by atoms with van der Waals surface area (Å²) >= 11 is 0. The number of benzene rings is 1. The van der Waals surface area contributed by atoms with Crippen LogP contribution in [0.2, 0.25) is 0 Å². The molecule has 0 fully saturated rings. The third-order valence-electron chi connectivity index (χ3n) is 2.90. The molecule has 0 amide bonds. The Balaban J connectivity index is 1.89. The molecule has 0 bridgehead atoms. The molecule has 0 spiro atoms. The molecule has 0 atom stereocenters. The highest BCUT2D eigenvalue weighted by atomic mass is 16.1. The highest BCUT2D eigenvalue weighted by Crippen LogP contribution is 2.13. The maximum atomic E-state index is 12.2. The lowest BCUT2D eigenvalue weighted by Gasteiger charge is -2.01. The fourth-order valence-corrected chi connectivity index (χ4v) is 1.96. The van der Waals surface area contributed by atoms with E-state index in [1.807, 2.05) is 25.4 Å². The zero-order chi connectivity index (χ0) is 13.2. The van der Waals surface area contributed by atoms with Gasteiger partial charge in [-0.2, -0.15) is 5.10 Å². The smallest absolute Gasteiger partial charge is 0.168 e. The molecule has 5 heteroatoms. The van der Waals surface area contributed by atoms with Crippen molar-refractivity contribution in [3.05, 3.63) is 54.1 Å². The summed E-state index contributed by atoms with van der Waals surface area (Å²) in [6.45, 7) is 0. The maximum Gasteiger partial charge on any atom is 0.168 e. The Morgan fingerprint density at radius 3 is 2.68 bits per heavy atom. The second-order valence-electron chi connectivity index (χ2n) is 4.34. The summed E-state index contributed by atoms with van der Waals surface area (Å²) in [5, 5.41) is 4.21. The Bertz CT molecular complexity index is 748. The molecule has 5 nitrogen and oxygen atoms in total. The van der Waals surface area contributed by atoms with E-state index in [-0.39, 0.29) is 5.78 Å². The molecule has 0 unspecified atom stereocenters. The predicted octanol–water partition coefficient (Wildman–Crippen LogP) is 1.79. The Hall–Kier alpha value is -2.56. The molecule has 0 saturated carbocycles. The van der Waals surface area contributed by atoms with Crippen molar-refractivity contribution in [1.82, 2.24) is 19.7 Å². The van der Waals surface area contributed by atoms with E-state index in [0.717, 1.165) is 16.7 Å². The molecule has 0 radical (unpaired) electrons. The largest absolute Gasteiger partial charge is 0.294 e. The molecule has 3 rings (SSSR count). The quantitative estimate of drug-likeness (QED) is 0.667. The Morgan fingerprint density at radius 2 is 1.95 bits per heavy atom. The van der Waals surface area contributed by atoms with E-state index < -0.39 is 0 Å². The molecule has 0 aliphatic rings. The van der Waals surface area contributed by atoms with E-state index in [1.54, 1.807) is 29.2 Å². The number of aromatic nitrogens is 4. The van der Waals surface area contributed by atoms with Gasteiger partial charge in [0.1, 0.15) is 0 Å². The number of nitrogens with zero attached hydrogens (tertiary/aromatic N) is 4. The first-order chi connectivity index (χ1) is 9.22. The Kier molecular flexibility index (Phi) is 2.79. The first-order valence-corrected chi connectivity index (χ1v) is 5.95. The van der Waals surface area contributed by atoms with Crippen molar-refractivity contribution in [1.29, 1.82) is 0 Å². The van der Waals surface area contributed by atoms with Crippen LogP contribution in [0.5, 0.6) is 0 Å². The number of carbonyl (C=O) groups is 1. The van der Waals surface area contributed by atoms with Crippen LogP contribution in [0.3, 0.4) is 0 Å². The van der Waals surface area contributed by atoms with E-state index in [2.05, 4.69) is 15.1 Å². The molecule has 94 valence electrons. The van der Waals surface area contributed by atoms with Crippen molar-refractivity contribution < 1.29 is 4.79 Å². The van der Waals surface area contributed by atoms with Crippen molar-refractivity contribution in [2.45, 2.75) is 6.42 Å². The van der Waals surface area contributed by atoms with Gasteiger partial charge in [0.05, 0.1) is 23.1 Å². The first kappa shape index (κ1) is 11.5. The number of ketones is 1. The van der Waals surface area contributed by atoms with Crippen LogP contribution in [-0.4, -0.2) is 25.5 Å². The third kappa shape index (κ3) is 2.35. The summed E-state index contributed by atoms with van der Waals surface area (Å²) in [4.78, 5) is 20.6. The summed E-state index contributed by atoms with van der Waals surface area (Å²) in [7, 11) is 1.83. The molecule has 0 saturated heterocycles. The zero-order valence-electron chi connectivity index (χ0n) is 10.4. The lowest BCUT2D eigenvalue weighted by molar-refractivity contribution is 0.0992. The van der Waals surface area contributed by atoms with Crippen LogP contribution < -0.4 is 0 Å². The molecule has 0 aliphatic carbocycles. The average Bonchev–Trinajstić information content (AvgIpc) is 2.83. The molecule has 2 aromatic heterocycles. The SMILES string of the molecule is Cn1ccc(CC(=O)c2ccc3nccnc3c2)n1. The topological polar surface area (TPSA) is 60.7 Å². The minimum Gasteiger partial charge on any atom is -0.294 e. The zero-order valence-corrected chi connectivity index (χ0v) is 10.4. The summed E-state index contributed by atoms with van der Waals surface area (Å²) in [6.07, 6.45) is 5.38. The van der Waals surface area contributed by atoms with Gasteiger partial charge in [0, 0.05) is 31.2 Å². The fourth-order valence-electron chi connectivity index (χ4n) is 1.96. The van der Waals surface area contributed by atoms with E-state index in [1.165, 1.54) is 0 Å². The van der Waals surface area contributed by atoms with E-state index in [9.17, 15) is 4.79 Å². The van der Waals surface area contributed by atoms with Gasteiger partial charge in [-0.25, -0.2) is 0 Å². The van der Waals surface area contributed by atoms with Crippen LogP contribution >= 0.6 is 0 Å². The van der Waals surface area contributed by atoms with Crippen molar-refractivity contribution in [3.8, 4) is 0 Å². The molecule has 19 heavy (non-hydrogen) atoms. The number of carbonyl (C=O) groups excluding carboxylic acids is 1. The molecular weight excluding hydrogens is 240 g/mol. The molecule has 3 aromatic rings. The standard InChI is InChI=1S/C14H12N4O/c1-18-7-4-11(17-18)9-14(19)10-2-3-12-13(8-10)16-6-5-15-12/h2-8H,9H2,1H3. The van der Waals surface area contributed by atoms with Gasteiger partial charge in [0.15, 0.2) is 5.78 Å². The minimum atomic E-state index is 0.0336. The van der Waals surface area contributed by atoms with Crippen molar-refractivity contribution in [2.75, 3.05) is 0 Å². The van der Waals surface area contributed by atoms with Gasteiger partial charge in [0.25, 0.3) is 0 Å². The monoisotopic (exact) mass is 252 g/mol. The summed E-state index contributed by atoms with van der Waals surface area (Å²) in [5.74, 6) is 0.0336. The summed E-state index contributed by atoms with van der Waals surface area (Å²) in [6, 6.07) is 7.21. The van der Waals surface area contributed by atoms with Crippen molar-refractivity contribution >= 4 is 16.8 Å². The van der Waals surface area contributed by atoms with Crippen LogP contribution in [0, 0.1) is 0 Å². The number of rotatable bonds is 3. The normalized spacial score (nSPS) is 10.8. The lowest BCUT2D eigenvalue weighted by atomic mass is 10.1. The van der Waals surface area contributed by atoms with Gasteiger partial charge in [-0.05, 0) is 24.3 Å². The molecule has 2 heterocycles. The second-order valence-corrected chi connectivity index (χ2v) is 4.34. The van der Waals surface area contributed by atoms with Gasteiger partial charge >= 0.3 is 0 Å². The van der Waals surface area contributed by atoms with Crippen LogP contribution in [-0.2, 0) is 13.5 Å². The number of hydrogen-bond donors (Lipinski definition) is 0. The van der Waals surface area contributed by atoms with Gasteiger partial charge < -0.3 is 0 Å². The number of Topliss-reactive ketones (excluding diaryl/α,β-unsaturated/α-hetero) is 1.